The lowest BCUT2D eigenvalue weighted by atomic mass is 10.2. The lowest BCUT2D eigenvalue weighted by Crippen LogP contribution is -2.24. The Morgan fingerprint density at radius 3 is 2.97 bits per heavy atom. The van der Waals surface area contributed by atoms with Crippen LogP contribution in [-0.2, 0) is 16.1 Å². The van der Waals surface area contributed by atoms with E-state index in [1.165, 1.54) is 16.0 Å². The average molecular weight is 414 g/mol. The molecule has 0 radical (unpaired) electrons. The van der Waals surface area contributed by atoms with Crippen LogP contribution in [0.25, 0.3) is 10.9 Å². The predicted octanol–water partition coefficient (Wildman–Crippen LogP) is 2.69. The Kier molecular flexibility index (Phi) is 6.20. The normalized spacial score (nSPS) is 16.3. The second-order valence-electron chi connectivity index (χ2n) is 6.94. The topological polar surface area (TPSA) is 112 Å². The number of amides is 1. The molecule has 2 aromatic heterocycles. The van der Waals surface area contributed by atoms with Crippen LogP contribution in [0.4, 0.5) is 5.13 Å². The fourth-order valence-electron chi connectivity index (χ4n) is 3.26. The monoisotopic (exact) mass is 414 g/mol. The second-order valence-corrected chi connectivity index (χ2v) is 7.95. The van der Waals surface area contributed by atoms with E-state index in [9.17, 15) is 9.59 Å². The first kappa shape index (κ1) is 19.6. The number of nitrogens with zero attached hydrogens (tertiary/aromatic N) is 5. The highest BCUT2D eigenvalue weighted by Crippen LogP contribution is 2.31. The summed E-state index contributed by atoms with van der Waals surface area (Å²) in [5.41, 5.74) is 0.469. The van der Waals surface area contributed by atoms with Gasteiger partial charge in [0, 0.05) is 19.6 Å². The van der Waals surface area contributed by atoms with Gasteiger partial charge in [-0.2, -0.15) is 0 Å². The summed E-state index contributed by atoms with van der Waals surface area (Å²) in [6.07, 6.45) is 4.68. The van der Waals surface area contributed by atoms with E-state index in [0.29, 0.717) is 29.0 Å². The number of hydrogen-bond acceptors (Lipinski definition) is 8. The van der Waals surface area contributed by atoms with Crippen LogP contribution in [0.3, 0.4) is 0 Å². The standard InChI is InChI=1S/C19H22N6O3S/c26-16(20-19-23-22-17(29-19)15-9-6-12-28-15)10-2-1-5-11-25-18(27)13-7-3-4-8-14(13)21-24-25/h3-4,7-8,15H,1-2,5-6,9-12H2,(H,20,23,26). The van der Waals surface area contributed by atoms with Crippen molar-refractivity contribution in [2.75, 3.05) is 11.9 Å². The molecule has 0 spiro atoms. The van der Waals surface area contributed by atoms with Crippen molar-refractivity contribution in [3.63, 3.8) is 0 Å². The molecular weight excluding hydrogens is 392 g/mol. The number of fused-ring (bicyclic) bond motifs is 1. The molecule has 1 atom stereocenters. The number of carbonyl (C=O) groups is 1. The first-order valence-electron chi connectivity index (χ1n) is 9.78. The molecule has 1 saturated heterocycles. The summed E-state index contributed by atoms with van der Waals surface area (Å²) < 4.78 is 6.96. The van der Waals surface area contributed by atoms with Gasteiger partial charge in [0.15, 0.2) is 0 Å². The van der Waals surface area contributed by atoms with Crippen LogP contribution in [0.5, 0.6) is 0 Å². The molecule has 152 valence electrons. The number of anilines is 1. The number of nitrogens with one attached hydrogen (secondary N) is 1. The molecule has 0 bridgehead atoms. The van der Waals surface area contributed by atoms with Crippen LogP contribution in [0.15, 0.2) is 29.1 Å². The minimum absolute atomic E-state index is 0.0137. The highest BCUT2D eigenvalue weighted by molar-refractivity contribution is 7.15. The van der Waals surface area contributed by atoms with E-state index in [-0.39, 0.29) is 17.6 Å². The molecule has 10 heteroatoms. The van der Waals surface area contributed by atoms with Gasteiger partial charge in [-0.1, -0.05) is 35.1 Å². The van der Waals surface area contributed by atoms with Crippen molar-refractivity contribution in [1.29, 1.82) is 0 Å². The number of aryl methyl sites for hydroxylation is 1. The molecular formula is C19H22N6O3S. The molecule has 3 aromatic rings. The molecule has 3 heterocycles. The second kappa shape index (κ2) is 9.19. The van der Waals surface area contributed by atoms with Crippen molar-refractivity contribution in [2.45, 2.75) is 51.2 Å². The van der Waals surface area contributed by atoms with E-state index in [0.717, 1.165) is 43.7 Å². The summed E-state index contributed by atoms with van der Waals surface area (Å²) in [6.45, 7) is 1.24. The Bertz CT molecular complexity index is 1040. The average Bonchev–Trinajstić information content (AvgIpc) is 3.41. The molecule has 0 saturated carbocycles. The van der Waals surface area contributed by atoms with Crippen molar-refractivity contribution < 1.29 is 9.53 Å². The van der Waals surface area contributed by atoms with Crippen molar-refractivity contribution in [3.8, 4) is 0 Å². The van der Waals surface area contributed by atoms with Crippen molar-refractivity contribution >= 4 is 33.3 Å². The zero-order valence-electron chi connectivity index (χ0n) is 15.9. The van der Waals surface area contributed by atoms with E-state index in [1.54, 1.807) is 12.1 Å². The van der Waals surface area contributed by atoms with E-state index in [4.69, 9.17) is 4.74 Å². The molecule has 0 aliphatic carbocycles. The van der Waals surface area contributed by atoms with Crippen LogP contribution in [0.2, 0.25) is 0 Å². The third kappa shape index (κ3) is 4.83. The van der Waals surface area contributed by atoms with E-state index >= 15 is 0 Å². The smallest absolute Gasteiger partial charge is 0.277 e. The molecule has 1 N–H and O–H groups in total. The van der Waals surface area contributed by atoms with Gasteiger partial charge in [0.2, 0.25) is 11.0 Å². The van der Waals surface area contributed by atoms with Gasteiger partial charge in [-0.25, -0.2) is 4.68 Å². The molecule has 1 amide bonds. The molecule has 1 fully saturated rings. The summed E-state index contributed by atoms with van der Waals surface area (Å²) in [5, 5.41) is 20.9. The maximum absolute atomic E-state index is 12.4. The highest BCUT2D eigenvalue weighted by Gasteiger charge is 2.22. The summed E-state index contributed by atoms with van der Waals surface area (Å²) in [6, 6.07) is 7.17. The summed E-state index contributed by atoms with van der Waals surface area (Å²) in [5.74, 6) is -0.0808. The van der Waals surface area contributed by atoms with Crippen LogP contribution in [0.1, 0.15) is 49.6 Å². The Labute approximate surface area is 171 Å². The number of benzene rings is 1. The van der Waals surface area contributed by atoms with Gasteiger partial charge in [0.1, 0.15) is 16.6 Å². The van der Waals surface area contributed by atoms with Crippen molar-refractivity contribution in [3.05, 3.63) is 39.6 Å². The highest BCUT2D eigenvalue weighted by atomic mass is 32.1. The molecule has 9 nitrogen and oxygen atoms in total. The van der Waals surface area contributed by atoms with Crippen molar-refractivity contribution in [1.82, 2.24) is 25.2 Å². The lowest BCUT2D eigenvalue weighted by Gasteiger charge is -2.05. The zero-order valence-corrected chi connectivity index (χ0v) is 16.7. The maximum Gasteiger partial charge on any atom is 0.277 e. The number of carbonyl (C=O) groups excluding carboxylic acids is 1. The number of ether oxygens (including phenoxy) is 1. The number of rotatable bonds is 8. The quantitative estimate of drug-likeness (QED) is 0.564. The van der Waals surface area contributed by atoms with Gasteiger partial charge in [-0.05, 0) is 37.8 Å². The van der Waals surface area contributed by atoms with Crippen LogP contribution in [0, 0.1) is 0 Å². The molecule has 1 aliphatic rings. The summed E-state index contributed by atoms with van der Waals surface area (Å²) in [4.78, 5) is 24.5. The number of unbranched alkanes of at least 4 members (excludes halogenated alkanes) is 2. The van der Waals surface area contributed by atoms with Gasteiger partial charge < -0.3 is 10.1 Å². The Morgan fingerprint density at radius 2 is 2.10 bits per heavy atom. The zero-order chi connectivity index (χ0) is 20.1. The number of hydrogen-bond donors (Lipinski definition) is 1. The van der Waals surface area contributed by atoms with E-state index in [2.05, 4.69) is 25.8 Å². The lowest BCUT2D eigenvalue weighted by molar-refractivity contribution is -0.116. The van der Waals surface area contributed by atoms with E-state index in [1.807, 2.05) is 12.1 Å². The van der Waals surface area contributed by atoms with Gasteiger partial charge >= 0.3 is 0 Å². The minimum atomic E-state index is -0.133. The molecule has 1 unspecified atom stereocenters. The van der Waals surface area contributed by atoms with Gasteiger partial charge in [0.25, 0.3) is 5.56 Å². The van der Waals surface area contributed by atoms with Gasteiger partial charge in [-0.15, -0.1) is 15.3 Å². The third-order valence-electron chi connectivity index (χ3n) is 4.80. The van der Waals surface area contributed by atoms with Crippen LogP contribution < -0.4 is 10.9 Å². The number of aromatic nitrogens is 5. The van der Waals surface area contributed by atoms with Gasteiger partial charge in [0.05, 0.1) is 5.39 Å². The van der Waals surface area contributed by atoms with Gasteiger partial charge in [-0.3, -0.25) is 9.59 Å². The van der Waals surface area contributed by atoms with Crippen molar-refractivity contribution in [2.24, 2.45) is 0 Å². The fourth-order valence-corrected chi connectivity index (χ4v) is 4.11. The Morgan fingerprint density at radius 1 is 1.21 bits per heavy atom. The molecule has 1 aromatic carbocycles. The van der Waals surface area contributed by atoms with Crippen LogP contribution >= 0.6 is 11.3 Å². The fraction of sp³-hybridized carbons (Fsp3) is 0.474. The van der Waals surface area contributed by atoms with Crippen LogP contribution in [-0.4, -0.2) is 37.7 Å². The largest absolute Gasteiger partial charge is 0.371 e. The molecule has 4 rings (SSSR count). The SMILES string of the molecule is O=C(CCCCCn1nnc2ccccc2c1=O)Nc1nnc(C2CCCO2)s1. The first-order valence-corrected chi connectivity index (χ1v) is 10.6. The van der Waals surface area contributed by atoms with E-state index < -0.39 is 0 Å². The molecule has 1 aliphatic heterocycles. The maximum atomic E-state index is 12.4. The predicted molar refractivity (Wildman–Crippen MR) is 109 cm³/mol. The summed E-state index contributed by atoms with van der Waals surface area (Å²) in [7, 11) is 0. The summed E-state index contributed by atoms with van der Waals surface area (Å²) >= 11 is 1.37. The minimum Gasteiger partial charge on any atom is -0.371 e. The first-order chi connectivity index (χ1) is 14.2. The third-order valence-corrected chi connectivity index (χ3v) is 5.73. The Hall–Kier alpha value is -2.72. The Balaban J connectivity index is 1.19. The molecule has 29 heavy (non-hydrogen) atoms.